The summed E-state index contributed by atoms with van der Waals surface area (Å²) in [5.74, 6) is -0.664. The molecule has 0 spiro atoms. The van der Waals surface area contributed by atoms with E-state index in [9.17, 15) is 9.59 Å². The molecule has 58 valence electrons. The summed E-state index contributed by atoms with van der Waals surface area (Å²) >= 11 is 0. The molecule has 0 aromatic rings. The first kappa shape index (κ1) is 9.10. The van der Waals surface area contributed by atoms with Gasteiger partial charge in [-0.1, -0.05) is 0 Å². The summed E-state index contributed by atoms with van der Waals surface area (Å²) in [4.78, 5) is 22.1. The molecule has 0 rings (SSSR count). The van der Waals surface area contributed by atoms with Gasteiger partial charge in [-0.15, -0.1) is 0 Å². The summed E-state index contributed by atoms with van der Waals surface area (Å²) in [5, 5.41) is 8.39. The monoisotopic (exact) mass is 145 g/mol. The molecule has 0 saturated heterocycles. The van der Waals surface area contributed by atoms with Gasteiger partial charge in [0, 0.05) is 13.8 Å². The average molecular weight is 145 g/mol. The minimum Gasteiger partial charge on any atom is -0.395 e. The highest BCUT2D eigenvalue weighted by atomic mass is 16.3. The Bertz CT molecular complexity index is 130. The van der Waals surface area contributed by atoms with Crippen molar-refractivity contribution in [3.05, 3.63) is 0 Å². The lowest BCUT2D eigenvalue weighted by atomic mass is 10.4. The lowest BCUT2D eigenvalue weighted by Gasteiger charge is -2.14. The quantitative estimate of drug-likeness (QED) is 0.563. The molecule has 0 unspecified atom stereocenters. The zero-order valence-electron chi connectivity index (χ0n) is 6.13. The van der Waals surface area contributed by atoms with E-state index >= 15 is 0 Å². The lowest BCUT2D eigenvalue weighted by molar-refractivity contribution is -0.142. The molecule has 1 N–H and O–H groups in total. The van der Waals surface area contributed by atoms with Crippen LogP contribution in [0.5, 0.6) is 0 Å². The van der Waals surface area contributed by atoms with Crippen LogP contribution in [0, 0.1) is 0 Å². The van der Waals surface area contributed by atoms with E-state index in [1.165, 1.54) is 13.8 Å². The molecule has 0 aliphatic carbocycles. The fourth-order valence-electron chi connectivity index (χ4n) is 0.637. The fraction of sp³-hybridized carbons (Fsp3) is 0.667. The Kier molecular flexibility index (Phi) is 3.64. The third-order valence-electron chi connectivity index (χ3n) is 1.08. The van der Waals surface area contributed by atoms with Crippen LogP contribution in [0.4, 0.5) is 0 Å². The van der Waals surface area contributed by atoms with Crippen molar-refractivity contribution in [3.63, 3.8) is 0 Å². The Morgan fingerprint density at radius 2 is 1.70 bits per heavy atom. The summed E-state index contributed by atoms with van der Waals surface area (Å²) in [6.07, 6.45) is 0. The molecule has 4 heteroatoms. The van der Waals surface area contributed by atoms with Crippen LogP contribution in [0.3, 0.4) is 0 Å². The molecule has 0 saturated carbocycles. The third kappa shape index (κ3) is 2.59. The summed E-state index contributed by atoms with van der Waals surface area (Å²) in [7, 11) is 0. The van der Waals surface area contributed by atoms with E-state index in [0.29, 0.717) is 0 Å². The smallest absolute Gasteiger partial charge is 0.226 e. The van der Waals surface area contributed by atoms with E-state index in [0.717, 1.165) is 4.90 Å². The second-order valence-electron chi connectivity index (χ2n) is 1.91. The number of carbonyl (C=O) groups is 2. The van der Waals surface area contributed by atoms with Crippen molar-refractivity contribution in [1.29, 1.82) is 0 Å². The largest absolute Gasteiger partial charge is 0.395 e. The molecule has 10 heavy (non-hydrogen) atoms. The standard InChI is InChI=1S/C6H11NO3/c1-5(9)7(3-4-8)6(2)10/h8H,3-4H2,1-2H3. The highest BCUT2D eigenvalue weighted by Gasteiger charge is 2.11. The van der Waals surface area contributed by atoms with Gasteiger partial charge in [0.2, 0.25) is 11.8 Å². The molecule has 0 aromatic carbocycles. The Labute approximate surface area is 59.4 Å². The second kappa shape index (κ2) is 4.00. The van der Waals surface area contributed by atoms with Gasteiger partial charge >= 0.3 is 0 Å². The van der Waals surface area contributed by atoms with Crippen molar-refractivity contribution in [1.82, 2.24) is 4.90 Å². The molecule has 0 atom stereocenters. The van der Waals surface area contributed by atoms with Crippen LogP contribution in [0.1, 0.15) is 13.8 Å². The zero-order chi connectivity index (χ0) is 8.15. The van der Waals surface area contributed by atoms with Crippen molar-refractivity contribution < 1.29 is 14.7 Å². The first-order chi connectivity index (χ1) is 4.59. The zero-order valence-corrected chi connectivity index (χ0v) is 6.13. The molecule has 0 bridgehead atoms. The highest BCUT2D eigenvalue weighted by Crippen LogP contribution is 1.88. The van der Waals surface area contributed by atoms with Crippen molar-refractivity contribution in [2.45, 2.75) is 13.8 Å². The van der Waals surface area contributed by atoms with Crippen molar-refractivity contribution in [2.24, 2.45) is 0 Å². The number of amides is 2. The maximum atomic E-state index is 10.6. The van der Waals surface area contributed by atoms with E-state index in [1.54, 1.807) is 0 Å². The number of carbonyl (C=O) groups excluding carboxylic acids is 2. The van der Waals surface area contributed by atoms with Gasteiger partial charge in [0.25, 0.3) is 0 Å². The number of aliphatic hydroxyl groups is 1. The molecule has 0 aliphatic heterocycles. The summed E-state index contributed by atoms with van der Waals surface area (Å²) in [6, 6.07) is 0. The van der Waals surface area contributed by atoms with Gasteiger partial charge in [-0.2, -0.15) is 0 Å². The van der Waals surface area contributed by atoms with Gasteiger partial charge < -0.3 is 5.11 Å². The van der Waals surface area contributed by atoms with Crippen molar-refractivity contribution >= 4 is 11.8 Å². The lowest BCUT2D eigenvalue weighted by Crippen LogP contribution is -2.35. The van der Waals surface area contributed by atoms with E-state index in [2.05, 4.69) is 0 Å². The van der Waals surface area contributed by atoms with E-state index < -0.39 is 0 Å². The first-order valence-electron chi connectivity index (χ1n) is 2.99. The Morgan fingerprint density at radius 1 is 1.30 bits per heavy atom. The maximum absolute atomic E-state index is 10.6. The molecular weight excluding hydrogens is 134 g/mol. The molecule has 0 aliphatic rings. The molecular formula is C6H11NO3. The van der Waals surface area contributed by atoms with Crippen molar-refractivity contribution in [3.8, 4) is 0 Å². The van der Waals surface area contributed by atoms with E-state index in [1.807, 2.05) is 0 Å². The first-order valence-corrected chi connectivity index (χ1v) is 2.99. The summed E-state index contributed by atoms with van der Waals surface area (Å²) < 4.78 is 0. The van der Waals surface area contributed by atoms with Crippen LogP contribution in [0.2, 0.25) is 0 Å². The molecule has 0 fully saturated rings. The predicted molar refractivity (Wildman–Crippen MR) is 35.2 cm³/mol. The number of rotatable bonds is 2. The van der Waals surface area contributed by atoms with Crippen LogP contribution in [0.25, 0.3) is 0 Å². The van der Waals surface area contributed by atoms with Gasteiger partial charge in [0.05, 0.1) is 13.2 Å². The van der Waals surface area contributed by atoms with Crippen LogP contribution < -0.4 is 0 Å². The van der Waals surface area contributed by atoms with Gasteiger partial charge in [-0.25, -0.2) is 0 Å². The SMILES string of the molecule is CC(=O)N(CCO)C(C)=O. The highest BCUT2D eigenvalue weighted by molar-refractivity contribution is 5.92. The van der Waals surface area contributed by atoms with Crippen LogP contribution in [-0.2, 0) is 9.59 Å². The molecule has 2 amide bonds. The van der Waals surface area contributed by atoms with E-state index in [4.69, 9.17) is 5.11 Å². The molecule has 0 radical (unpaired) electrons. The average Bonchev–Trinajstić information content (AvgIpc) is 1.81. The molecule has 4 nitrogen and oxygen atoms in total. The second-order valence-corrected chi connectivity index (χ2v) is 1.91. The van der Waals surface area contributed by atoms with Crippen molar-refractivity contribution in [2.75, 3.05) is 13.2 Å². The fourth-order valence-corrected chi connectivity index (χ4v) is 0.637. The van der Waals surface area contributed by atoms with E-state index in [-0.39, 0.29) is 25.0 Å². The van der Waals surface area contributed by atoms with Gasteiger partial charge in [0.1, 0.15) is 0 Å². The van der Waals surface area contributed by atoms with Gasteiger partial charge in [0.15, 0.2) is 0 Å². The maximum Gasteiger partial charge on any atom is 0.226 e. The Balaban J connectivity index is 3.98. The summed E-state index contributed by atoms with van der Waals surface area (Å²) in [6.45, 7) is 2.48. The summed E-state index contributed by atoms with van der Waals surface area (Å²) in [5.41, 5.74) is 0. The predicted octanol–water partition coefficient (Wildman–Crippen LogP) is -0.626. The number of imide groups is 1. The van der Waals surface area contributed by atoms with Crippen LogP contribution >= 0.6 is 0 Å². The normalized spacial score (nSPS) is 9.10. The van der Waals surface area contributed by atoms with Gasteiger partial charge in [-0.05, 0) is 0 Å². The number of aliphatic hydroxyl groups excluding tert-OH is 1. The minimum absolute atomic E-state index is 0.0880. The Hall–Kier alpha value is -0.900. The molecule has 0 heterocycles. The Morgan fingerprint density at radius 3 is 1.80 bits per heavy atom. The van der Waals surface area contributed by atoms with Crippen LogP contribution in [0.15, 0.2) is 0 Å². The number of nitrogens with zero attached hydrogens (tertiary/aromatic N) is 1. The molecule has 0 aromatic heterocycles. The number of hydrogen-bond acceptors (Lipinski definition) is 3. The van der Waals surface area contributed by atoms with Crippen LogP contribution in [-0.4, -0.2) is 35.0 Å². The number of hydrogen-bond donors (Lipinski definition) is 1. The topological polar surface area (TPSA) is 57.6 Å². The minimum atomic E-state index is -0.332. The van der Waals surface area contributed by atoms with Gasteiger partial charge in [-0.3, -0.25) is 14.5 Å². The third-order valence-corrected chi connectivity index (χ3v) is 1.08.